The third-order valence-corrected chi connectivity index (χ3v) is 9.22. The summed E-state index contributed by atoms with van der Waals surface area (Å²) in [7, 11) is -0.235. The van der Waals surface area contributed by atoms with E-state index in [0.29, 0.717) is 18.1 Å². The molecule has 0 bridgehead atoms. The van der Waals surface area contributed by atoms with E-state index in [1.807, 2.05) is 12.1 Å². The van der Waals surface area contributed by atoms with Crippen LogP contribution in [0.15, 0.2) is 12.1 Å². The first-order chi connectivity index (χ1) is 9.98. The van der Waals surface area contributed by atoms with Crippen LogP contribution >= 0.6 is 22.6 Å². The SMILES string of the molecule is COc1cc(CO[Si](C)(C)C(C)(C)C)cc(I)c1OC(C)=O. The van der Waals surface area contributed by atoms with E-state index in [2.05, 4.69) is 56.5 Å². The van der Waals surface area contributed by atoms with Crippen LogP contribution < -0.4 is 9.47 Å². The van der Waals surface area contributed by atoms with Gasteiger partial charge in [0.1, 0.15) is 0 Å². The highest BCUT2D eigenvalue weighted by Crippen LogP contribution is 2.38. The zero-order chi connectivity index (χ0) is 17.1. The third kappa shape index (κ3) is 4.96. The first kappa shape index (κ1) is 19.4. The summed E-state index contributed by atoms with van der Waals surface area (Å²) in [5.41, 5.74) is 1.02. The van der Waals surface area contributed by atoms with Gasteiger partial charge in [0.05, 0.1) is 17.3 Å². The molecule has 6 heteroatoms. The molecule has 0 amide bonds. The third-order valence-electron chi connectivity index (χ3n) is 3.94. The summed E-state index contributed by atoms with van der Waals surface area (Å²) in [4.78, 5) is 11.2. The van der Waals surface area contributed by atoms with Gasteiger partial charge in [0.15, 0.2) is 19.8 Å². The summed E-state index contributed by atoms with van der Waals surface area (Å²) in [6, 6.07) is 3.84. The van der Waals surface area contributed by atoms with Crippen LogP contribution in [0.25, 0.3) is 0 Å². The maximum absolute atomic E-state index is 11.2. The first-order valence-corrected chi connectivity index (χ1v) is 11.2. The van der Waals surface area contributed by atoms with Crippen molar-refractivity contribution in [3.05, 3.63) is 21.3 Å². The summed E-state index contributed by atoms with van der Waals surface area (Å²) < 4.78 is 17.6. The molecule has 0 aliphatic carbocycles. The van der Waals surface area contributed by atoms with E-state index in [-0.39, 0.29) is 11.0 Å². The first-order valence-electron chi connectivity index (χ1n) is 7.16. The number of hydrogen-bond donors (Lipinski definition) is 0. The molecule has 0 heterocycles. The molecule has 0 radical (unpaired) electrons. The average Bonchev–Trinajstić information content (AvgIpc) is 2.37. The molecule has 0 aliphatic rings. The van der Waals surface area contributed by atoms with Gasteiger partial charge in [-0.05, 0) is 58.4 Å². The van der Waals surface area contributed by atoms with Gasteiger partial charge in [-0.2, -0.15) is 0 Å². The lowest BCUT2D eigenvalue weighted by Crippen LogP contribution is -2.40. The molecule has 0 saturated carbocycles. The van der Waals surface area contributed by atoms with E-state index < -0.39 is 8.32 Å². The molecule has 22 heavy (non-hydrogen) atoms. The number of esters is 1. The number of methoxy groups -OCH3 is 1. The smallest absolute Gasteiger partial charge is 0.308 e. The second-order valence-electron chi connectivity index (χ2n) is 6.75. The Labute approximate surface area is 147 Å². The van der Waals surface area contributed by atoms with Crippen molar-refractivity contribution in [3.63, 3.8) is 0 Å². The Hall–Kier alpha value is -0.603. The fourth-order valence-corrected chi connectivity index (χ4v) is 3.32. The van der Waals surface area contributed by atoms with Gasteiger partial charge >= 0.3 is 5.97 Å². The van der Waals surface area contributed by atoms with Crippen molar-refractivity contribution in [1.82, 2.24) is 0 Å². The van der Waals surface area contributed by atoms with Crippen LogP contribution in [-0.4, -0.2) is 21.4 Å². The van der Waals surface area contributed by atoms with Crippen LogP contribution in [0.4, 0.5) is 0 Å². The van der Waals surface area contributed by atoms with Gasteiger partial charge in [-0.15, -0.1) is 0 Å². The monoisotopic (exact) mass is 436 g/mol. The van der Waals surface area contributed by atoms with Gasteiger partial charge in [0.2, 0.25) is 0 Å². The Morgan fingerprint density at radius 3 is 2.32 bits per heavy atom. The van der Waals surface area contributed by atoms with Gasteiger partial charge in [-0.3, -0.25) is 4.79 Å². The largest absolute Gasteiger partial charge is 0.493 e. The molecule has 124 valence electrons. The lowest BCUT2D eigenvalue weighted by atomic mass is 10.2. The van der Waals surface area contributed by atoms with E-state index in [1.54, 1.807) is 7.11 Å². The van der Waals surface area contributed by atoms with E-state index >= 15 is 0 Å². The molecule has 0 saturated heterocycles. The molecule has 4 nitrogen and oxygen atoms in total. The minimum absolute atomic E-state index is 0.169. The molecule has 1 aromatic rings. The zero-order valence-corrected chi connectivity index (χ0v) is 17.5. The minimum atomic E-state index is -1.80. The number of carbonyl (C=O) groups excluding carboxylic acids is 1. The van der Waals surface area contributed by atoms with Crippen molar-refractivity contribution >= 4 is 36.9 Å². The molecule has 0 spiro atoms. The van der Waals surface area contributed by atoms with Crippen LogP contribution in [-0.2, 0) is 15.8 Å². The fourth-order valence-electron chi connectivity index (χ4n) is 1.58. The molecular weight excluding hydrogens is 411 g/mol. The molecular formula is C16H25IO4Si. The van der Waals surface area contributed by atoms with Crippen LogP contribution in [0, 0.1) is 3.57 Å². The molecule has 0 unspecified atom stereocenters. The van der Waals surface area contributed by atoms with Crippen LogP contribution in [0.5, 0.6) is 11.5 Å². The molecule has 0 N–H and O–H groups in total. The average molecular weight is 436 g/mol. The van der Waals surface area contributed by atoms with Crippen LogP contribution in [0.2, 0.25) is 18.1 Å². The van der Waals surface area contributed by atoms with Crippen LogP contribution in [0.1, 0.15) is 33.3 Å². The standard InChI is InChI=1S/C16H25IO4Si/c1-11(18)21-15-13(17)8-12(9-14(15)19-5)10-20-22(6,7)16(2,3)4/h8-9H,10H2,1-7H3. The summed E-state index contributed by atoms with van der Waals surface area (Å²) >= 11 is 2.14. The number of ether oxygens (including phenoxy) is 2. The number of rotatable bonds is 5. The number of hydrogen-bond acceptors (Lipinski definition) is 4. The highest BCUT2D eigenvalue weighted by molar-refractivity contribution is 14.1. The van der Waals surface area contributed by atoms with Crippen LogP contribution in [0.3, 0.4) is 0 Å². The second-order valence-corrected chi connectivity index (χ2v) is 12.7. The van der Waals surface area contributed by atoms with Crippen molar-refractivity contribution < 1.29 is 18.7 Å². The summed E-state index contributed by atoms with van der Waals surface area (Å²) in [6.45, 7) is 13.0. The molecule has 1 aromatic carbocycles. The lowest BCUT2D eigenvalue weighted by molar-refractivity contribution is -0.132. The topological polar surface area (TPSA) is 44.8 Å². The Morgan fingerprint density at radius 1 is 1.27 bits per heavy atom. The van der Waals surface area contributed by atoms with Gasteiger partial charge in [0, 0.05) is 6.92 Å². The predicted molar refractivity (Wildman–Crippen MR) is 99.0 cm³/mol. The zero-order valence-electron chi connectivity index (χ0n) is 14.4. The minimum Gasteiger partial charge on any atom is -0.493 e. The summed E-state index contributed by atoms with van der Waals surface area (Å²) in [6.07, 6.45) is 0. The quantitative estimate of drug-likeness (QED) is 0.289. The van der Waals surface area contributed by atoms with Crippen molar-refractivity contribution in [2.24, 2.45) is 0 Å². The predicted octanol–water partition coefficient (Wildman–Crippen LogP) is 4.75. The van der Waals surface area contributed by atoms with E-state index in [4.69, 9.17) is 13.9 Å². The summed E-state index contributed by atoms with van der Waals surface area (Å²) in [5, 5.41) is 0.169. The van der Waals surface area contributed by atoms with E-state index in [9.17, 15) is 4.79 Å². The Balaban J connectivity index is 2.99. The van der Waals surface area contributed by atoms with Crippen molar-refractivity contribution in [1.29, 1.82) is 0 Å². The highest BCUT2D eigenvalue weighted by Gasteiger charge is 2.37. The molecule has 0 aliphatic heterocycles. The molecule has 0 fully saturated rings. The van der Waals surface area contributed by atoms with E-state index in [1.165, 1.54) is 6.92 Å². The molecule has 1 rings (SSSR count). The Bertz CT molecular complexity index is 550. The van der Waals surface area contributed by atoms with Crippen molar-refractivity contribution in [2.75, 3.05) is 7.11 Å². The fraction of sp³-hybridized carbons (Fsp3) is 0.562. The lowest BCUT2D eigenvalue weighted by Gasteiger charge is -2.36. The van der Waals surface area contributed by atoms with Crippen molar-refractivity contribution in [2.45, 2.75) is 52.4 Å². The second kappa shape index (κ2) is 7.31. The van der Waals surface area contributed by atoms with Gasteiger partial charge in [-0.25, -0.2) is 0 Å². The Morgan fingerprint density at radius 2 is 1.86 bits per heavy atom. The number of benzene rings is 1. The van der Waals surface area contributed by atoms with Crippen molar-refractivity contribution in [3.8, 4) is 11.5 Å². The molecule has 0 atom stereocenters. The maximum Gasteiger partial charge on any atom is 0.308 e. The number of carbonyl (C=O) groups is 1. The maximum atomic E-state index is 11.2. The van der Waals surface area contributed by atoms with Gasteiger partial charge < -0.3 is 13.9 Å². The normalized spacial score (nSPS) is 12.2. The van der Waals surface area contributed by atoms with E-state index in [0.717, 1.165) is 9.13 Å². The van der Waals surface area contributed by atoms with Gasteiger partial charge in [-0.1, -0.05) is 20.8 Å². The Kier molecular flexibility index (Phi) is 6.46. The summed E-state index contributed by atoms with van der Waals surface area (Å²) in [5.74, 6) is 0.657. The highest BCUT2D eigenvalue weighted by atomic mass is 127. The molecule has 0 aromatic heterocycles. The number of halogens is 1. The van der Waals surface area contributed by atoms with Gasteiger partial charge in [0.25, 0.3) is 0 Å².